The van der Waals surface area contributed by atoms with E-state index in [0.29, 0.717) is 10.9 Å². The van der Waals surface area contributed by atoms with Crippen LogP contribution in [0.3, 0.4) is 0 Å². The number of fused-ring (bicyclic) bond motifs is 1. The summed E-state index contributed by atoms with van der Waals surface area (Å²) in [5, 5.41) is 16.7. The van der Waals surface area contributed by atoms with E-state index in [9.17, 15) is 14.7 Å². The summed E-state index contributed by atoms with van der Waals surface area (Å²) in [7, 11) is 0. The van der Waals surface area contributed by atoms with E-state index in [1.165, 1.54) is 4.68 Å². The SMILES string of the molecule is CCC(CC)NC(=O)Cn1nc(C(=O)O)c2ccccc21. The maximum atomic E-state index is 12.0. The number of rotatable bonds is 6. The van der Waals surface area contributed by atoms with E-state index >= 15 is 0 Å². The van der Waals surface area contributed by atoms with Crippen LogP contribution in [0.25, 0.3) is 10.9 Å². The summed E-state index contributed by atoms with van der Waals surface area (Å²) in [6.45, 7) is 4.05. The molecule has 1 aromatic heterocycles. The predicted octanol–water partition coefficient (Wildman–Crippen LogP) is 2.04. The molecule has 2 N–H and O–H groups in total. The lowest BCUT2D eigenvalue weighted by Gasteiger charge is -2.14. The summed E-state index contributed by atoms with van der Waals surface area (Å²) in [5.74, 6) is -1.25. The van der Waals surface area contributed by atoms with Gasteiger partial charge in [0, 0.05) is 11.4 Å². The molecule has 0 saturated carbocycles. The van der Waals surface area contributed by atoms with Crippen LogP contribution in [0.2, 0.25) is 0 Å². The number of amides is 1. The van der Waals surface area contributed by atoms with Crippen molar-refractivity contribution in [2.24, 2.45) is 0 Å². The van der Waals surface area contributed by atoms with Gasteiger partial charge in [0.05, 0.1) is 5.52 Å². The quantitative estimate of drug-likeness (QED) is 0.852. The summed E-state index contributed by atoms with van der Waals surface area (Å²) < 4.78 is 1.44. The van der Waals surface area contributed by atoms with E-state index in [0.717, 1.165) is 12.8 Å². The van der Waals surface area contributed by atoms with Gasteiger partial charge in [0.15, 0.2) is 5.69 Å². The second-order valence-electron chi connectivity index (χ2n) is 4.91. The molecule has 6 nitrogen and oxygen atoms in total. The Morgan fingerprint density at radius 2 is 1.95 bits per heavy atom. The molecule has 0 spiro atoms. The lowest BCUT2D eigenvalue weighted by atomic mass is 10.2. The molecule has 0 aliphatic rings. The Morgan fingerprint density at radius 3 is 2.57 bits per heavy atom. The zero-order valence-electron chi connectivity index (χ0n) is 12.2. The normalized spacial score (nSPS) is 11.0. The third kappa shape index (κ3) is 3.21. The molecule has 1 aromatic carbocycles. The Labute approximate surface area is 122 Å². The van der Waals surface area contributed by atoms with Crippen LogP contribution in [-0.2, 0) is 11.3 Å². The summed E-state index contributed by atoms with van der Waals surface area (Å²) in [4.78, 5) is 23.3. The number of hydrogen-bond acceptors (Lipinski definition) is 3. The molecule has 112 valence electrons. The number of nitrogens with one attached hydrogen (secondary N) is 1. The number of carboxylic acids is 1. The van der Waals surface area contributed by atoms with Gasteiger partial charge >= 0.3 is 5.97 Å². The van der Waals surface area contributed by atoms with Crippen LogP contribution in [0, 0.1) is 0 Å². The van der Waals surface area contributed by atoms with Crippen LogP contribution in [0.15, 0.2) is 24.3 Å². The fourth-order valence-electron chi connectivity index (χ4n) is 2.31. The van der Waals surface area contributed by atoms with Crippen LogP contribution in [0.5, 0.6) is 0 Å². The van der Waals surface area contributed by atoms with Gasteiger partial charge in [-0.1, -0.05) is 32.0 Å². The van der Waals surface area contributed by atoms with Gasteiger partial charge in [-0.05, 0) is 18.9 Å². The van der Waals surface area contributed by atoms with Crippen molar-refractivity contribution in [3.63, 3.8) is 0 Å². The zero-order valence-corrected chi connectivity index (χ0v) is 12.2. The van der Waals surface area contributed by atoms with Crippen LogP contribution in [0.1, 0.15) is 37.2 Å². The number of para-hydroxylation sites is 1. The fraction of sp³-hybridized carbons (Fsp3) is 0.400. The molecule has 1 amide bonds. The lowest BCUT2D eigenvalue weighted by Crippen LogP contribution is -2.36. The van der Waals surface area contributed by atoms with Crippen molar-refractivity contribution in [2.45, 2.75) is 39.3 Å². The summed E-state index contributed by atoms with van der Waals surface area (Å²) in [5.41, 5.74) is 0.621. The third-order valence-electron chi connectivity index (χ3n) is 3.50. The Kier molecular flexibility index (Phi) is 4.57. The van der Waals surface area contributed by atoms with Crippen molar-refractivity contribution >= 4 is 22.8 Å². The molecular formula is C15H19N3O3. The molecule has 0 saturated heterocycles. The van der Waals surface area contributed by atoms with Gasteiger partial charge in [-0.3, -0.25) is 9.48 Å². The first-order valence-electron chi connectivity index (χ1n) is 7.05. The first-order chi connectivity index (χ1) is 10.1. The molecule has 21 heavy (non-hydrogen) atoms. The number of nitrogens with zero attached hydrogens (tertiary/aromatic N) is 2. The van der Waals surface area contributed by atoms with Crippen LogP contribution < -0.4 is 5.32 Å². The molecule has 0 aliphatic heterocycles. The molecule has 0 unspecified atom stereocenters. The minimum absolute atomic E-state index is 0.0181. The van der Waals surface area contributed by atoms with Gasteiger partial charge in [0.25, 0.3) is 0 Å². The van der Waals surface area contributed by atoms with E-state index in [1.54, 1.807) is 24.3 Å². The maximum absolute atomic E-state index is 12.0. The minimum atomic E-state index is -1.09. The highest BCUT2D eigenvalue weighted by molar-refractivity contribution is 6.01. The monoisotopic (exact) mass is 289 g/mol. The zero-order chi connectivity index (χ0) is 15.4. The standard InChI is InChI=1S/C15H19N3O3/c1-3-10(4-2)16-13(19)9-18-12-8-6-5-7-11(12)14(17-18)15(20)21/h5-8,10H,3-4,9H2,1-2H3,(H,16,19)(H,20,21). The first-order valence-corrected chi connectivity index (χ1v) is 7.05. The minimum Gasteiger partial charge on any atom is -0.476 e. The van der Waals surface area contributed by atoms with Gasteiger partial charge in [0.1, 0.15) is 6.54 Å². The molecular weight excluding hydrogens is 270 g/mol. The largest absolute Gasteiger partial charge is 0.476 e. The Balaban J connectivity index is 2.26. The van der Waals surface area contributed by atoms with Crippen LogP contribution in [0.4, 0.5) is 0 Å². The average molecular weight is 289 g/mol. The van der Waals surface area contributed by atoms with E-state index in [1.807, 2.05) is 13.8 Å². The van der Waals surface area contributed by atoms with Gasteiger partial charge in [-0.2, -0.15) is 5.10 Å². The molecule has 0 fully saturated rings. The van der Waals surface area contributed by atoms with Gasteiger partial charge in [-0.25, -0.2) is 4.79 Å². The highest BCUT2D eigenvalue weighted by Gasteiger charge is 2.17. The van der Waals surface area contributed by atoms with Crippen molar-refractivity contribution in [1.82, 2.24) is 15.1 Å². The second-order valence-corrected chi connectivity index (χ2v) is 4.91. The number of hydrogen-bond donors (Lipinski definition) is 2. The molecule has 0 aliphatic carbocycles. The molecule has 0 bridgehead atoms. The van der Waals surface area contributed by atoms with Crippen molar-refractivity contribution in [1.29, 1.82) is 0 Å². The number of carbonyl (C=O) groups is 2. The molecule has 2 aromatic rings. The van der Waals surface area contributed by atoms with Crippen molar-refractivity contribution < 1.29 is 14.7 Å². The van der Waals surface area contributed by atoms with E-state index < -0.39 is 5.97 Å². The molecule has 6 heteroatoms. The van der Waals surface area contributed by atoms with Crippen LogP contribution >= 0.6 is 0 Å². The summed E-state index contributed by atoms with van der Waals surface area (Å²) >= 11 is 0. The maximum Gasteiger partial charge on any atom is 0.357 e. The molecule has 0 atom stereocenters. The summed E-state index contributed by atoms with van der Waals surface area (Å²) in [6, 6.07) is 7.15. The second kappa shape index (κ2) is 6.39. The van der Waals surface area contributed by atoms with Crippen LogP contribution in [-0.4, -0.2) is 32.8 Å². The molecule has 0 radical (unpaired) electrons. The van der Waals surface area contributed by atoms with E-state index in [4.69, 9.17) is 0 Å². The highest BCUT2D eigenvalue weighted by atomic mass is 16.4. The third-order valence-corrected chi connectivity index (χ3v) is 3.50. The van der Waals surface area contributed by atoms with Crippen molar-refractivity contribution in [3.05, 3.63) is 30.0 Å². The van der Waals surface area contributed by atoms with E-state index in [2.05, 4.69) is 10.4 Å². The lowest BCUT2D eigenvalue weighted by molar-refractivity contribution is -0.122. The average Bonchev–Trinajstić information content (AvgIpc) is 2.84. The Hall–Kier alpha value is -2.37. The molecule has 2 rings (SSSR count). The number of carbonyl (C=O) groups excluding carboxylic acids is 1. The highest BCUT2D eigenvalue weighted by Crippen LogP contribution is 2.18. The number of benzene rings is 1. The van der Waals surface area contributed by atoms with Gasteiger partial charge in [-0.15, -0.1) is 0 Å². The van der Waals surface area contributed by atoms with Crippen molar-refractivity contribution in [3.8, 4) is 0 Å². The van der Waals surface area contributed by atoms with Crippen molar-refractivity contribution in [2.75, 3.05) is 0 Å². The first kappa shape index (κ1) is 15.0. The fourth-order valence-corrected chi connectivity index (χ4v) is 2.31. The smallest absolute Gasteiger partial charge is 0.357 e. The number of aromatic nitrogens is 2. The summed E-state index contributed by atoms with van der Waals surface area (Å²) in [6.07, 6.45) is 1.73. The molecule has 1 heterocycles. The topological polar surface area (TPSA) is 84.2 Å². The number of aromatic carboxylic acids is 1. The Morgan fingerprint density at radius 1 is 1.29 bits per heavy atom. The van der Waals surface area contributed by atoms with Gasteiger partial charge < -0.3 is 10.4 Å². The predicted molar refractivity (Wildman–Crippen MR) is 79.2 cm³/mol. The Bertz CT molecular complexity index is 659. The number of carboxylic acid groups (broad SMARTS) is 1. The van der Waals surface area contributed by atoms with Gasteiger partial charge in [0.2, 0.25) is 5.91 Å². The van der Waals surface area contributed by atoms with E-state index in [-0.39, 0.29) is 24.2 Å².